The van der Waals surface area contributed by atoms with Crippen LogP contribution >= 0.6 is 0 Å². The molecule has 0 aliphatic heterocycles. The first-order valence-corrected chi connectivity index (χ1v) is 2.21. The van der Waals surface area contributed by atoms with Crippen molar-refractivity contribution in [1.29, 1.82) is 0 Å². The summed E-state index contributed by atoms with van der Waals surface area (Å²) in [6, 6.07) is 0. The van der Waals surface area contributed by atoms with E-state index in [9.17, 15) is 9.90 Å². The van der Waals surface area contributed by atoms with E-state index in [1.165, 1.54) is 0 Å². The Hall–Kier alpha value is -1.46. The quantitative estimate of drug-likeness (QED) is 0.473. The number of hydrogen-bond acceptors (Lipinski definition) is 5. The molecule has 1 heterocycles. The first-order valence-electron chi connectivity index (χ1n) is 2.21. The fourth-order valence-corrected chi connectivity index (χ4v) is 0.386. The Morgan fingerprint density at radius 3 is 3.00 bits per heavy atom. The lowest BCUT2D eigenvalue weighted by molar-refractivity contribution is -0.304. The molecule has 0 spiro atoms. The molecule has 1 aromatic heterocycles. The van der Waals surface area contributed by atoms with Crippen LogP contribution in [0.3, 0.4) is 0 Å². The van der Waals surface area contributed by atoms with Crippen molar-refractivity contribution in [2.45, 2.75) is 6.42 Å². The van der Waals surface area contributed by atoms with Crippen molar-refractivity contribution in [2.75, 3.05) is 0 Å². The molecule has 1 N–H and O–H groups in total. The van der Waals surface area contributed by atoms with Crippen molar-refractivity contribution in [3.05, 3.63) is 5.82 Å². The molecule has 1 rings (SSSR count). The number of rotatable bonds is 2. The molecule has 0 amide bonds. The Balaban J connectivity index is 2.58. The Bertz CT molecular complexity index is 194. The number of carbonyl (C=O) groups excluding carboxylic acids is 1. The zero-order chi connectivity index (χ0) is 6.69. The number of hydrogen-bond donors (Lipinski definition) is 1. The van der Waals surface area contributed by atoms with Crippen molar-refractivity contribution < 1.29 is 9.90 Å². The zero-order valence-corrected chi connectivity index (χ0v) is 4.37. The monoisotopic (exact) mass is 127 g/mol. The molecule has 48 valence electrons. The van der Waals surface area contributed by atoms with Gasteiger partial charge in [0.1, 0.15) is 0 Å². The van der Waals surface area contributed by atoms with Crippen LogP contribution in [-0.4, -0.2) is 26.6 Å². The largest absolute Gasteiger partial charge is 0.550 e. The number of nitrogens with one attached hydrogen (secondary N) is 1. The minimum absolute atomic E-state index is 0.134. The van der Waals surface area contributed by atoms with Gasteiger partial charge in [-0.25, -0.2) is 0 Å². The maximum atomic E-state index is 9.83. The van der Waals surface area contributed by atoms with E-state index in [0.717, 1.165) is 0 Å². The van der Waals surface area contributed by atoms with Crippen molar-refractivity contribution in [3.63, 3.8) is 0 Å². The van der Waals surface area contributed by atoms with Gasteiger partial charge < -0.3 is 9.90 Å². The fraction of sp³-hybridized carbons (Fsp3) is 0.333. The van der Waals surface area contributed by atoms with Crippen molar-refractivity contribution in [3.8, 4) is 0 Å². The van der Waals surface area contributed by atoms with Crippen molar-refractivity contribution in [1.82, 2.24) is 20.6 Å². The molecule has 0 saturated heterocycles. The van der Waals surface area contributed by atoms with Crippen LogP contribution in [0.15, 0.2) is 0 Å². The molecule has 0 radical (unpaired) electrons. The van der Waals surface area contributed by atoms with Gasteiger partial charge in [-0.2, -0.15) is 5.21 Å². The Labute approximate surface area is 49.9 Å². The maximum Gasteiger partial charge on any atom is 0.180 e. The van der Waals surface area contributed by atoms with Gasteiger partial charge >= 0.3 is 0 Å². The summed E-state index contributed by atoms with van der Waals surface area (Å²) < 4.78 is 0. The van der Waals surface area contributed by atoms with Crippen LogP contribution in [-0.2, 0) is 11.2 Å². The molecule has 0 fully saturated rings. The smallest absolute Gasteiger partial charge is 0.180 e. The molecule has 9 heavy (non-hydrogen) atoms. The molecule has 0 saturated carbocycles. The predicted octanol–water partition coefficient (Wildman–Crippen LogP) is -2.51. The third-order valence-electron chi connectivity index (χ3n) is 0.692. The lowest BCUT2D eigenvalue weighted by Gasteiger charge is -1.92. The number of aliphatic carboxylic acids is 1. The highest BCUT2D eigenvalue weighted by Gasteiger charge is 1.95. The van der Waals surface area contributed by atoms with E-state index in [0.29, 0.717) is 0 Å². The van der Waals surface area contributed by atoms with Gasteiger partial charge in [0.25, 0.3) is 0 Å². The van der Waals surface area contributed by atoms with Crippen LogP contribution in [0.2, 0.25) is 0 Å². The number of tetrazole rings is 1. The van der Waals surface area contributed by atoms with Gasteiger partial charge in [-0.15, -0.1) is 10.2 Å². The number of H-pyrrole nitrogens is 1. The van der Waals surface area contributed by atoms with Crippen LogP contribution < -0.4 is 5.11 Å². The maximum absolute atomic E-state index is 9.83. The third-order valence-corrected chi connectivity index (χ3v) is 0.692. The number of aromatic nitrogens is 4. The molecule has 0 atom stereocenters. The molecule has 6 nitrogen and oxygen atoms in total. The van der Waals surface area contributed by atoms with E-state index in [-0.39, 0.29) is 12.2 Å². The number of carboxylic acid groups (broad SMARTS) is 1. The SMILES string of the molecule is O=C([O-])Cc1nn[nH]n1. The second-order valence-corrected chi connectivity index (χ2v) is 1.38. The van der Waals surface area contributed by atoms with Gasteiger partial charge in [0.15, 0.2) is 5.82 Å². The standard InChI is InChI=1S/C3H4N4O2/c8-3(9)1-2-4-6-7-5-2/h1H2,(H,8,9)(H,4,5,6,7)/p-1. The third kappa shape index (κ3) is 1.48. The molecule has 0 aromatic carbocycles. The van der Waals surface area contributed by atoms with Crippen LogP contribution in [0.5, 0.6) is 0 Å². The molecular formula is C3H3N4O2-. The number of carbonyl (C=O) groups is 1. The molecule has 1 aromatic rings. The molecule has 0 bridgehead atoms. The second-order valence-electron chi connectivity index (χ2n) is 1.38. The second kappa shape index (κ2) is 2.21. The zero-order valence-electron chi connectivity index (χ0n) is 4.37. The van der Waals surface area contributed by atoms with Crippen molar-refractivity contribution >= 4 is 5.97 Å². The Kier molecular flexibility index (Phi) is 1.39. The minimum Gasteiger partial charge on any atom is -0.550 e. The fourth-order valence-electron chi connectivity index (χ4n) is 0.386. The van der Waals surface area contributed by atoms with E-state index < -0.39 is 5.97 Å². The van der Waals surface area contributed by atoms with E-state index in [1.807, 2.05) is 0 Å². The lowest BCUT2D eigenvalue weighted by atomic mass is 10.4. The summed E-state index contributed by atoms with van der Waals surface area (Å²) >= 11 is 0. The van der Waals surface area contributed by atoms with Crippen LogP contribution in [0, 0.1) is 0 Å². The highest BCUT2D eigenvalue weighted by atomic mass is 16.4. The van der Waals surface area contributed by atoms with Gasteiger partial charge in [-0.1, -0.05) is 5.21 Å². The van der Waals surface area contributed by atoms with E-state index in [4.69, 9.17) is 0 Å². The highest BCUT2D eigenvalue weighted by Crippen LogP contribution is 1.81. The Morgan fingerprint density at radius 2 is 2.56 bits per heavy atom. The van der Waals surface area contributed by atoms with E-state index in [1.54, 1.807) is 0 Å². The van der Waals surface area contributed by atoms with Gasteiger partial charge in [0.05, 0.1) is 6.42 Å². The topological polar surface area (TPSA) is 94.6 Å². The summed E-state index contributed by atoms with van der Waals surface area (Å²) in [5.41, 5.74) is 0. The van der Waals surface area contributed by atoms with Gasteiger partial charge in [0, 0.05) is 5.97 Å². The van der Waals surface area contributed by atoms with Crippen molar-refractivity contribution in [2.24, 2.45) is 0 Å². The molecule has 0 unspecified atom stereocenters. The molecular weight excluding hydrogens is 124 g/mol. The number of nitrogens with zero attached hydrogens (tertiary/aromatic N) is 3. The normalized spacial score (nSPS) is 9.33. The summed E-state index contributed by atoms with van der Waals surface area (Å²) in [7, 11) is 0. The van der Waals surface area contributed by atoms with Crippen LogP contribution in [0.4, 0.5) is 0 Å². The highest BCUT2D eigenvalue weighted by molar-refractivity contribution is 5.66. The van der Waals surface area contributed by atoms with Crippen LogP contribution in [0.1, 0.15) is 5.82 Å². The average molecular weight is 127 g/mol. The number of aromatic amines is 1. The van der Waals surface area contributed by atoms with Gasteiger partial charge in [0.2, 0.25) is 0 Å². The summed E-state index contributed by atoms with van der Waals surface area (Å²) in [6.45, 7) is 0. The summed E-state index contributed by atoms with van der Waals surface area (Å²) in [5, 5.41) is 21.9. The molecule has 0 aliphatic carbocycles. The Morgan fingerprint density at radius 1 is 1.78 bits per heavy atom. The van der Waals surface area contributed by atoms with Gasteiger partial charge in [-0.3, -0.25) is 0 Å². The van der Waals surface area contributed by atoms with E-state index >= 15 is 0 Å². The van der Waals surface area contributed by atoms with E-state index in [2.05, 4.69) is 20.6 Å². The van der Waals surface area contributed by atoms with Gasteiger partial charge in [-0.05, 0) is 0 Å². The first kappa shape index (κ1) is 5.67. The summed E-state index contributed by atoms with van der Waals surface area (Å²) in [5.74, 6) is -1.08. The molecule has 6 heteroatoms. The minimum atomic E-state index is -1.21. The predicted molar refractivity (Wildman–Crippen MR) is 22.9 cm³/mol. The lowest BCUT2D eigenvalue weighted by Crippen LogP contribution is -2.24. The summed E-state index contributed by atoms with van der Waals surface area (Å²) in [6.07, 6.45) is -0.295. The van der Waals surface area contributed by atoms with Crippen LogP contribution in [0.25, 0.3) is 0 Å². The summed E-state index contributed by atoms with van der Waals surface area (Å²) in [4.78, 5) is 9.83. The molecule has 0 aliphatic rings. The first-order chi connectivity index (χ1) is 4.29. The number of carboxylic acids is 1. The average Bonchev–Trinajstić information content (AvgIpc) is 2.15.